The van der Waals surface area contributed by atoms with Crippen LogP contribution in [0.25, 0.3) is 12.2 Å². The van der Waals surface area contributed by atoms with Crippen LogP contribution in [0.4, 0.5) is 0 Å². The highest BCUT2D eigenvalue weighted by molar-refractivity contribution is 6.10. The summed E-state index contributed by atoms with van der Waals surface area (Å²) in [5.41, 5.74) is 1.30. The molecule has 0 radical (unpaired) electrons. The molecule has 0 amide bonds. The van der Waals surface area contributed by atoms with Gasteiger partial charge >= 0.3 is 5.97 Å². The molecule has 0 unspecified atom stereocenters. The number of methoxy groups -OCH3 is 2. The highest BCUT2D eigenvalue weighted by Gasteiger charge is 2.08. The van der Waals surface area contributed by atoms with Crippen molar-refractivity contribution in [2.45, 2.75) is 13.3 Å². The smallest absolute Gasteiger partial charge is 0.308 e. The third-order valence-electron chi connectivity index (χ3n) is 3.92. The second-order valence-corrected chi connectivity index (χ2v) is 6.21. The number of hydrogen-bond donors (Lipinski definition) is 1. The number of hydrogen-bond acceptors (Lipinski definition) is 7. The van der Waals surface area contributed by atoms with Crippen LogP contribution in [0.2, 0.25) is 0 Å². The van der Waals surface area contributed by atoms with Crippen LogP contribution in [0, 0.1) is 0 Å². The predicted molar refractivity (Wildman–Crippen MR) is 112 cm³/mol. The minimum Gasteiger partial charge on any atom is -0.504 e. The Hall–Kier alpha value is -3.87. The van der Waals surface area contributed by atoms with E-state index >= 15 is 0 Å². The predicted octanol–water partition coefficient (Wildman–Crippen LogP) is 3.59. The number of phenolic OH excluding ortho intramolecular Hbond substituents is 1. The van der Waals surface area contributed by atoms with Gasteiger partial charge in [-0.2, -0.15) is 0 Å². The molecule has 0 bridgehead atoms. The van der Waals surface area contributed by atoms with Crippen molar-refractivity contribution in [3.8, 4) is 23.0 Å². The molecule has 0 aliphatic rings. The molecule has 30 heavy (non-hydrogen) atoms. The lowest BCUT2D eigenvalue weighted by atomic mass is 10.1. The van der Waals surface area contributed by atoms with E-state index in [4.69, 9.17) is 14.2 Å². The van der Waals surface area contributed by atoms with Crippen molar-refractivity contribution in [1.29, 1.82) is 0 Å². The number of esters is 1. The minimum absolute atomic E-state index is 0.00110. The van der Waals surface area contributed by atoms with Crippen LogP contribution < -0.4 is 14.2 Å². The third kappa shape index (κ3) is 6.63. The lowest BCUT2D eigenvalue weighted by molar-refractivity contribution is -0.132. The zero-order valence-corrected chi connectivity index (χ0v) is 16.9. The van der Waals surface area contributed by atoms with Crippen LogP contribution in [0.1, 0.15) is 24.5 Å². The number of carbonyl (C=O) groups excluding carboxylic acids is 3. The summed E-state index contributed by atoms with van der Waals surface area (Å²) in [6.45, 7) is 1.29. The maximum atomic E-state index is 12.1. The molecule has 0 atom stereocenters. The molecule has 0 fully saturated rings. The Morgan fingerprint density at radius 3 is 1.90 bits per heavy atom. The number of phenols is 1. The number of carbonyl (C=O) groups is 3. The Kier molecular flexibility index (Phi) is 7.93. The molecular weight excluding hydrogens is 388 g/mol. The second kappa shape index (κ2) is 10.6. The Bertz CT molecular complexity index is 1000. The molecule has 0 spiro atoms. The molecule has 156 valence electrons. The number of allylic oxidation sites excluding steroid dienone is 2. The highest BCUT2D eigenvalue weighted by atomic mass is 16.6. The molecule has 0 saturated heterocycles. The zero-order chi connectivity index (χ0) is 22.1. The largest absolute Gasteiger partial charge is 0.504 e. The topological polar surface area (TPSA) is 99.1 Å². The summed E-state index contributed by atoms with van der Waals surface area (Å²) >= 11 is 0. The van der Waals surface area contributed by atoms with Gasteiger partial charge in [0.05, 0.1) is 20.6 Å². The standard InChI is InChI=1S/C23H22O7/c1-15(24)30-21-11-7-17(13-23(21)29-3)5-9-19(26)14-18(25)8-4-16-6-10-20(27)22(12-16)28-2/h4-13,27H,14H2,1-3H3. The normalized spacial score (nSPS) is 10.9. The van der Waals surface area contributed by atoms with Gasteiger partial charge < -0.3 is 19.3 Å². The van der Waals surface area contributed by atoms with Gasteiger partial charge in [-0.25, -0.2) is 0 Å². The monoisotopic (exact) mass is 410 g/mol. The number of rotatable bonds is 9. The zero-order valence-electron chi connectivity index (χ0n) is 16.9. The summed E-state index contributed by atoms with van der Waals surface area (Å²) in [5, 5.41) is 9.57. The van der Waals surface area contributed by atoms with E-state index in [-0.39, 0.29) is 29.5 Å². The van der Waals surface area contributed by atoms with Crippen LogP contribution in [-0.4, -0.2) is 36.9 Å². The van der Waals surface area contributed by atoms with Crippen molar-refractivity contribution in [2.75, 3.05) is 14.2 Å². The third-order valence-corrected chi connectivity index (χ3v) is 3.92. The van der Waals surface area contributed by atoms with Gasteiger partial charge in [-0.05, 0) is 47.5 Å². The molecule has 7 nitrogen and oxygen atoms in total. The van der Waals surface area contributed by atoms with Crippen LogP contribution >= 0.6 is 0 Å². The van der Waals surface area contributed by atoms with Crippen LogP contribution in [-0.2, 0) is 14.4 Å². The first-order valence-corrected chi connectivity index (χ1v) is 8.97. The number of ketones is 2. The molecule has 2 aromatic rings. The fraction of sp³-hybridized carbons (Fsp3) is 0.174. The quantitative estimate of drug-likeness (QED) is 0.292. The van der Waals surface area contributed by atoms with Gasteiger partial charge in [-0.3, -0.25) is 14.4 Å². The van der Waals surface area contributed by atoms with E-state index in [1.54, 1.807) is 42.5 Å². The van der Waals surface area contributed by atoms with Crippen molar-refractivity contribution in [1.82, 2.24) is 0 Å². The van der Waals surface area contributed by atoms with Crippen molar-refractivity contribution in [2.24, 2.45) is 0 Å². The van der Waals surface area contributed by atoms with Gasteiger partial charge in [0.2, 0.25) is 0 Å². The average molecular weight is 410 g/mol. The van der Waals surface area contributed by atoms with Gasteiger partial charge in [-0.1, -0.05) is 24.3 Å². The second-order valence-electron chi connectivity index (χ2n) is 6.21. The molecular formula is C23H22O7. The van der Waals surface area contributed by atoms with Gasteiger partial charge in [-0.15, -0.1) is 0 Å². The van der Waals surface area contributed by atoms with Crippen molar-refractivity contribution in [3.63, 3.8) is 0 Å². The van der Waals surface area contributed by atoms with E-state index in [1.807, 2.05) is 0 Å². The van der Waals surface area contributed by atoms with Gasteiger partial charge in [0.25, 0.3) is 0 Å². The Morgan fingerprint density at radius 1 is 0.833 bits per heavy atom. The molecule has 1 N–H and O–H groups in total. The van der Waals surface area contributed by atoms with E-state index < -0.39 is 5.97 Å². The Morgan fingerprint density at radius 2 is 1.37 bits per heavy atom. The fourth-order valence-electron chi connectivity index (χ4n) is 2.49. The lowest BCUT2D eigenvalue weighted by Crippen LogP contribution is -2.03. The molecule has 0 aromatic heterocycles. The first kappa shape index (κ1) is 22.4. The summed E-state index contributed by atoms with van der Waals surface area (Å²) in [7, 11) is 2.87. The Labute approximate surface area is 174 Å². The molecule has 7 heteroatoms. The average Bonchev–Trinajstić information content (AvgIpc) is 2.72. The number of aromatic hydroxyl groups is 1. The highest BCUT2D eigenvalue weighted by Crippen LogP contribution is 2.29. The fourth-order valence-corrected chi connectivity index (χ4v) is 2.49. The van der Waals surface area contributed by atoms with Crippen LogP contribution in [0.5, 0.6) is 23.0 Å². The molecule has 0 heterocycles. The van der Waals surface area contributed by atoms with E-state index in [2.05, 4.69) is 0 Å². The molecule has 2 rings (SSSR count). The van der Waals surface area contributed by atoms with Crippen molar-refractivity contribution >= 4 is 29.7 Å². The SMILES string of the molecule is COc1cc(C=CC(=O)CC(=O)C=Cc2ccc(OC(C)=O)c(OC)c2)ccc1O. The number of ether oxygens (including phenoxy) is 3. The first-order chi connectivity index (χ1) is 14.3. The maximum absolute atomic E-state index is 12.1. The van der Waals surface area contributed by atoms with Crippen LogP contribution in [0.3, 0.4) is 0 Å². The Balaban J connectivity index is 1.98. The molecule has 0 aliphatic carbocycles. The van der Waals surface area contributed by atoms with Gasteiger partial charge in [0, 0.05) is 6.92 Å². The van der Waals surface area contributed by atoms with E-state index in [0.29, 0.717) is 22.6 Å². The summed E-state index contributed by atoms with van der Waals surface area (Å²) in [6.07, 6.45) is 5.40. The molecule has 0 saturated carbocycles. The summed E-state index contributed by atoms with van der Waals surface area (Å²) in [6, 6.07) is 9.48. The van der Waals surface area contributed by atoms with Gasteiger partial charge in [0.1, 0.15) is 0 Å². The molecule has 0 aliphatic heterocycles. The van der Waals surface area contributed by atoms with Crippen molar-refractivity contribution in [3.05, 3.63) is 59.7 Å². The first-order valence-electron chi connectivity index (χ1n) is 8.97. The summed E-state index contributed by atoms with van der Waals surface area (Å²) < 4.78 is 15.2. The minimum atomic E-state index is -0.468. The van der Waals surface area contributed by atoms with E-state index in [1.165, 1.54) is 39.4 Å². The van der Waals surface area contributed by atoms with Crippen molar-refractivity contribution < 1.29 is 33.7 Å². The molecule has 2 aromatic carbocycles. The number of benzene rings is 2. The van der Waals surface area contributed by atoms with E-state index in [0.717, 1.165) is 0 Å². The lowest BCUT2D eigenvalue weighted by Gasteiger charge is -2.08. The summed E-state index contributed by atoms with van der Waals surface area (Å²) in [4.78, 5) is 35.2. The summed E-state index contributed by atoms with van der Waals surface area (Å²) in [5.74, 6) is -0.278. The van der Waals surface area contributed by atoms with Crippen LogP contribution in [0.15, 0.2) is 48.6 Å². The van der Waals surface area contributed by atoms with E-state index in [9.17, 15) is 19.5 Å². The maximum Gasteiger partial charge on any atom is 0.308 e. The van der Waals surface area contributed by atoms with Gasteiger partial charge in [0.15, 0.2) is 34.6 Å².